The first-order valence-electron chi connectivity index (χ1n) is 32.6. The molecule has 0 aromatic carbocycles. The monoisotopic (exact) mass is 1160 g/mol. The summed E-state index contributed by atoms with van der Waals surface area (Å²) in [4.78, 5) is 40.1. The highest BCUT2D eigenvalue weighted by Crippen LogP contribution is 2.13. The number of hydrogen-bond donors (Lipinski definition) is 0. The van der Waals surface area contributed by atoms with Crippen molar-refractivity contribution >= 4 is 17.9 Å². The Bertz CT molecular complexity index is 1920. The van der Waals surface area contributed by atoms with Gasteiger partial charge < -0.3 is 28.4 Å². The zero-order chi connectivity index (χ0) is 61.1. The van der Waals surface area contributed by atoms with Gasteiger partial charge in [0, 0.05) is 0 Å². The maximum Gasteiger partial charge on any atom is 0.347 e. The molecular weight excluding hydrogens is 1040 g/mol. The highest BCUT2D eigenvalue weighted by molar-refractivity contribution is 5.76. The third-order valence-corrected chi connectivity index (χ3v) is 12.8. The molecule has 0 aliphatic heterocycles. The number of ether oxygens (including phenoxy) is 6. The summed E-state index contributed by atoms with van der Waals surface area (Å²) >= 11 is 0. The van der Waals surface area contributed by atoms with Crippen LogP contribution in [0.5, 0.6) is 0 Å². The lowest BCUT2D eigenvalue weighted by atomic mass is 10.1. The number of hydrogen-bond acceptors (Lipinski definition) is 9. The van der Waals surface area contributed by atoms with Crippen LogP contribution in [0.3, 0.4) is 0 Å². The Balaban J connectivity index is 5.22. The average molecular weight is 1160 g/mol. The summed E-state index contributed by atoms with van der Waals surface area (Å²) < 4.78 is 34.5. The van der Waals surface area contributed by atoms with E-state index in [0.717, 1.165) is 135 Å². The standard InChI is InChI=1S/C75H116O9/c1-7-13-16-19-22-25-28-31-34-37-40-43-46-49-52-55-58-61-64-79-70(10-4)73(76)82-67-69(84-75(78)72(12-6)81-66-63-60-57-54-51-48-45-42-39-36-33-30-27-24-21-18-15-9-3)68-83-74(77)71(11-5)80-65-62-59-56-53-50-47-44-41-38-35-32-29-26-23-20-17-14-8-2/h13-18,22-27,40-45,49-54,61-66,69-72H,7-12,19-21,28-39,46-48,55-60,67-68H2,1-6H3/b16-13-,17-14-,18-15-,25-22-,26-23-,27-24-,43-40-,44-41-,45-42-,52-49-,53-50-,54-51-,64-61?,65-62?,66-63?. The Hall–Kier alpha value is -6.09. The van der Waals surface area contributed by atoms with Gasteiger partial charge in [-0.25, -0.2) is 14.4 Å². The second kappa shape index (κ2) is 64.5. The van der Waals surface area contributed by atoms with Gasteiger partial charge in [0.05, 0.1) is 18.8 Å². The molecule has 0 aliphatic rings. The molecule has 0 N–H and O–H groups in total. The van der Waals surface area contributed by atoms with Gasteiger partial charge in [-0.15, -0.1) is 0 Å². The second-order valence-electron chi connectivity index (χ2n) is 20.4. The molecule has 84 heavy (non-hydrogen) atoms. The van der Waals surface area contributed by atoms with Gasteiger partial charge in [-0.2, -0.15) is 0 Å². The molecule has 3 unspecified atom stereocenters. The van der Waals surface area contributed by atoms with Crippen molar-refractivity contribution in [2.75, 3.05) is 13.2 Å². The Labute approximate surface area is 513 Å². The van der Waals surface area contributed by atoms with E-state index < -0.39 is 42.3 Å². The Morgan fingerprint density at radius 1 is 0.274 bits per heavy atom. The van der Waals surface area contributed by atoms with E-state index in [9.17, 15) is 14.4 Å². The maximum atomic E-state index is 13.5. The fourth-order valence-corrected chi connectivity index (χ4v) is 7.84. The van der Waals surface area contributed by atoms with Gasteiger partial charge in [0.25, 0.3) is 0 Å². The summed E-state index contributed by atoms with van der Waals surface area (Å²) in [6, 6.07) is 0. The van der Waals surface area contributed by atoms with Crippen molar-refractivity contribution < 1.29 is 42.8 Å². The number of carbonyl (C=O) groups is 3. The van der Waals surface area contributed by atoms with Crippen LogP contribution in [0.2, 0.25) is 0 Å². The summed E-state index contributed by atoms with van der Waals surface area (Å²) in [5.41, 5.74) is 0. The number of allylic oxidation sites excluding steroid dienone is 27. The molecule has 0 aromatic heterocycles. The van der Waals surface area contributed by atoms with Gasteiger partial charge in [-0.1, -0.05) is 187 Å². The van der Waals surface area contributed by atoms with Crippen molar-refractivity contribution in [3.8, 4) is 0 Å². The van der Waals surface area contributed by atoms with Crippen LogP contribution >= 0.6 is 0 Å². The fourth-order valence-electron chi connectivity index (χ4n) is 7.84. The Kier molecular flexibility index (Phi) is 59.8. The lowest BCUT2D eigenvalue weighted by molar-refractivity contribution is -0.177. The largest absolute Gasteiger partial charge is 0.487 e. The number of unbranched alkanes of at least 4 members (excludes halogenated alkanes) is 12. The summed E-state index contributed by atoms with van der Waals surface area (Å²) in [6.07, 6.45) is 88.5. The molecule has 3 atom stereocenters. The van der Waals surface area contributed by atoms with Gasteiger partial charge in [0.15, 0.2) is 24.4 Å². The molecule has 9 heteroatoms. The smallest absolute Gasteiger partial charge is 0.347 e. The molecule has 0 rings (SSSR count). The highest BCUT2D eigenvalue weighted by atomic mass is 16.6. The van der Waals surface area contributed by atoms with Crippen molar-refractivity contribution in [2.45, 2.75) is 259 Å². The molecule has 0 spiro atoms. The molecule has 0 fully saturated rings. The van der Waals surface area contributed by atoms with Crippen molar-refractivity contribution in [2.24, 2.45) is 0 Å². The van der Waals surface area contributed by atoms with E-state index in [0.29, 0.717) is 19.3 Å². The summed E-state index contributed by atoms with van der Waals surface area (Å²) in [5, 5.41) is 0. The van der Waals surface area contributed by atoms with Crippen LogP contribution in [0.15, 0.2) is 183 Å². The molecule has 0 saturated carbocycles. The van der Waals surface area contributed by atoms with Gasteiger partial charge in [0.1, 0.15) is 13.2 Å². The van der Waals surface area contributed by atoms with E-state index >= 15 is 0 Å². The van der Waals surface area contributed by atoms with Gasteiger partial charge in [0.2, 0.25) is 0 Å². The van der Waals surface area contributed by atoms with Crippen LogP contribution < -0.4 is 0 Å². The van der Waals surface area contributed by atoms with Crippen LogP contribution in [-0.4, -0.2) is 55.5 Å². The van der Waals surface area contributed by atoms with E-state index in [1.165, 1.54) is 57.3 Å². The molecule has 0 radical (unpaired) electrons. The van der Waals surface area contributed by atoms with E-state index in [1.807, 2.05) is 39.0 Å². The molecule has 0 bridgehead atoms. The quantitative estimate of drug-likeness (QED) is 0.0193. The van der Waals surface area contributed by atoms with Gasteiger partial charge >= 0.3 is 17.9 Å². The lowest BCUT2D eigenvalue weighted by Gasteiger charge is -2.23. The average Bonchev–Trinajstić information content (AvgIpc) is 3.59. The third kappa shape index (κ3) is 53.9. The normalized spacial score (nSPS) is 14.4. The van der Waals surface area contributed by atoms with Crippen molar-refractivity contribution in [3.63, 3.8) is 0 Å². The Morgan fingerprint density at radius 3 is 0.750 bits per heavy atom. The summed E-state index contributed by atoms with van der Waals surface area (Å²) in [6.45, 7) is 11.2. The van der Waals surface area contributed by atoms with Crippen LogP contribution in [0.1, 0.15) is 234 Å². The maximum absolute atomic E-state index is 13.5. The zero-order valence-electron chi connectivity index (χ0n) is 53.4. The zero-order valence-corrected chi connectivity index (χ0v) is 53.4. The topological polar surface area (TPSA) is 107 Å². The van der Waals surface area contributed by atoms with Crippen molar-refractivity contribution in [1.82, 2.24) is 0 Å². The molecule has 0 aliphatic carbocycles. The molecule has 9 nitrogen and oxygen atoms in total. The molecular formula is C75H116O9. The van der Waals surface area contributed by atoms with Crippen LogP contribution in [-0.2, 0) is 42.8 Å². The first kappa shape index (κ1) is 77.9. The van der Waals surface area contributed by atoms with E-state index in [2.05, 4.69) is 167 Å². The second-order valence-corrected chi connectivity index (χ2v) is 20.4. The predicted octanol–water partition coefficient (Wildman–Crippen LogP) is 21.2. The van der Waals surface area contributed by atoms with Gasteiger partial charge in [-0.05, 0) is 211 Å². The van der Waals surface area contributed by atoms with E-state index in [-0.39, 0.29) is 13.2 Å². The molecule has 0 amide bonds. The molecule has 470 valence electrons. The minimum atomic E-state index is -1.11. The minimum Gasteiger partial charge on any atom is -0.487 e. The van der Waals surface area contributed by atoms with E-state index in [1.54, 1.807) is 0 Å². The molecule has 0 saturated heterocycles. The van der Waals surface area contributed by atoms with Crippen LogP contribution in [0.4, 0.5) is 0 Å². The lowest BCUT2D eigenvalue weighted by Crippen LogP contribution is -2.37. The number of esters is 3. The molecule has 0 heterocycles. The summed E-state index contributed by atoms with van der Waals surface area (Å²) in [7, 11) is 0. The number of carbonyl (C=O) groups excluding carboxylic acids is 3. The van der Waals surface area contributed by atoms with Gasteiger partial charge in [-0.3, -0.25) is 0 Å². The fraction of sp³-hybridized carbons (Fsp3) is 0.560. The van der Waals surface area contributed by atoms with Crippen molar-refractivity contribution in [1.29, 1.82) is 0 Å². The third-order valence-electron chi connectivity index (χ3n) is 12.8. The minimum absolute atomic E-state index is 0.331. The van der Waals surface area contributed by atoms with E-state index in [4.69, 9.17) is 28.4 Å². The first-order valence-corrected chi connectivity index (χ1v) is 32.6. The molecule has 0 aromatic rings. The Morgan fingerprint density at radius 2 is 0.500 bits per heavy atom. The predicted molar refractivity (Wildman–Crippen MR) is 356 cm³/mol. The highest BCUT2D eigenvalue weighted by Gasteiger charge is 2.28. The van der Waals surface area contributed by atoms with Crippen molar-refractivity contribution in [3.05, 3.63) is 183 Å². The SMILES string of the molecule is CC/C=C\C/C=C\CCCC/C=C\C/C=C\CCC=COC(CC)C(=O)OCC(COC(=O)C(CC)OC=CCC/C=C\C/C=C\CCCC/C=C\C/C=C\CC)OC(=O)C(CC)OC=CCC/C=C\C/C=C\CCCC/C=C\C/C=C\CC. The summed E-state index contributed by atoms with van der Waals surface area (Å²) in [5.74, 6) is -1.90. The number of rotatable bonds is 56. The first-order chi connectivity index (χ1) is 41.4. The van der Waals surface area contributed by atoms with Crippen LogP contribution in [0, 0.1) is 0 Å². The van der Waals surface area contributed by atoms with Crippen LogP contribution in [0.25, 0.3) is 0 Å².